The van der Waals surface area contributed by atoms with E-state index in [-0.39, 0.29) is 17.3 Å². The first-order valence-electron chi connectivity index (χ1n) is 8.22. The zero-order valence-corrected chi connectivity index (χ0v) is 17.1. The number of rotatable bonds is 6. The predicted molar refractivity (Wildman–Crippen MR) is 109 cm³/mol. The SMILES string of the molecule is COc1ccc(/C=N\N=C(\N)c2nonc2N)cc1Cn1nc(C)c(Br)c1C. The van der Waals surface area contributed by atoms with Crippen LogP contribution in [0.25, 0.3) is 0 Å². The number of aryl methyl sites for hydroxylation is 1. The molecule has 0 aliphatic heterocycles. The first-order valence-corrected chi connectivity index (χ1v) is 9.01. The van der Waals surface area contributed by atoms with Gasteiger partial charge in [0.05, 0.1) is 35.7 Å². The van der Waals surface area contributed by atoms with Crippen LogP contribution in [0.5, 0.6) is 5.75 Å². The maximum absolute atomic E-state index is 5.77. The molecule has 0 unspecified atom stereocenters. The second-order valence-corrected chi connectivity index (χ2v) is 6.73. The molecule has 0 fully saturated rings. The van der Waals surface area contributed by atoms with Crippen molar-refractivity contribution in [2.75, 3.05) is 12.8 Å². The zero-order chi connectivity index (χ0) is 20.3. The number of benzene rings is 1. The Morgan fingerprint density at radius 2 is 2.14 bits per heavy atom. The van der Waals surface area contributed by atoms with E-state index in [1.807, 2.05) is 36.7 Å². The molecule has 0 aliphatic carbocycles. The van der Waals surface area contributed by atoms with Gasteiger partial charge in [-0.1, -0.05) is 0 Å². The maximum Gasteiger partial charge on any atom is 0.199 e. The van der Waals surface area contributed by atoms with Crippen LogP contribution < -0.4 is 16.2 Å². The van der Waals surface area contributed by atoms with Gasteiger partial charge >= 0.3 is 0 Å². The lowest BCUT2D eigenvalue weighted by atomic mass is 10.1. The lowest BCUT2D eigenvalue weighted by Gasteiger charge is -2.11. The van der Waals surface area contributed by atoms with Crippen LogP contribution in [-0.4, -0.2) is 39.3 Å². The number of ether oxygens (including phenoxy) is 1. The molecular formula is C17H19BrN8O2. The van der Waals surface area contributed by atoms with Crippen LogP contribution in [0, 0.1) is 13.8 Å². The molecule has 3 rings (SSSR count). The summed E-state index contributed by atoms with van der Waals surface area (Å²) >= 11 is 3.55. The molecular weight excluding hydrogens is 428 g/mol. The first-order chi connectivity index (χ1) is 13.4. The largest absolute Gasteiger partial charge is 0.496 e. The smallest absolute Gasteiger partial charge is 0.199 e. The molecule has 0 saturated heterocycles. The standard InChI is InChI=1S/C17H19BrN8O2/c1-9-14(18)10(2)26(23-9)8-12-6-11(4-5-13(12)27-3)7-21-22-16(19)15-17(20)25-28-24-15/h4-7H,8H2,1-3H3,(H2,19,22)(H2,20,25)/b21-7-. The van der Waals surface area contributed by atoms with E-state index in [2.05, 4.69) is 46.2 Å². The van der Waals surface area contributed by atoms with E-state index in [1.165, 1.54) is 0 Å². The summed E-state index contributed by atoms with van der Waals surface area (Å²) in [7, 11) is 1.63. The third-order valence-corrected chi connectivity index (χ3v) is 5.19. The fourth-order valence-corrected chi connectivity index (χ4v) is 2.86. The highest BCUT2D eigenvalue weighted by atomic mass is 79.9. The minimum atomic E-state index is 0.0104. The molecule has 0 spiro atoms. The Morgan fingerprint density at radius 1 is 1.36 bits per heavy atom. The zero-order valence-electron chi connectivity index (χ0n) is 15.5. The molecule has 146 valence electrons. The Balaban J connectivity index is 1.84. The van der Waals surface area contributed by atoms with E-state index in [0.29, 0.717) is 6.54 Å². The summed E-state index contributed by atoms with van der Waals surface area (Å²) in [5, 5.41) is 19.4. The Morgan fingerprint density at radius 3 is 2.75 bits per heavy atom. The number of hydrogen-bond acceptors (Lipinski definition) is 8. The summed E-state index contributed by atoms with van der Waals surface area (Å²) in [5.41, 5.74) is 15.2. The molecule has 1 aromatic carbocycles. The molecule has 2 heterocycles. The van der Waals surface area contributed by atoms with Gasteiger partial charge in [0.2, 0.25) is 0 Å². The van der Waals surface area contributed by atoms with E-state index in [9.17, 15) is 0 Å². The van der Waals surface area contributed by atoms with E-state index >= 15 is 0 Å². The van der Waals surface area contributed by atoms with Crippen molar-refractivity contribution < 1.29 is 9.37 Å². The second-order valence-electron chi connectivity index (χ2n) is 5.94. The molecule has 0 aliphatic rings. The van der Waals surface area contributed by atoms with Crippen molar-refractivity contribution >= 4 is 33.8 Å². The molecule has 3 aromatic rings. The molecule has 28 heavy (non-hydrogen) atoms. The van der Waals surface area contributed by atoms with Gasteiger partial charge in [-0.05, 0) is 63.9 Å². The van der Waals surface area contributed by atoms with Gasteiger partial charge in [0.25, 0.3) is 0 Å². The van der Waals surface area contributed by atoms with Crippen LogP contribution in [0.2, 0.25) is 0 Å². The number of halogens is 1. The number of methoxy groups -OCH3 is 1. The van der Waals surface area contributed by atoms with Crippen molar-refractivity contribution in [3.8, 4) is 5.75 Å². The number of hydrogen-bond donors (Lipinski definition) is 2. The summed E-state index contributed by atoms with van der Waals surface area (Å²) in [6.07, 6.45) is 1.57. The fraction of sp³-hybridized carbons (Fsp3) is 0.235. The Kier molecular flexibility index (Phi) is 5.73. The molecule has 0 saturated carbocycles. The van der Waals surface area contributed by atoms with E-state index in [4.69, 9.17) is 16.2 Å². The van der Waals surface area contributed by atoms with Gasteiger partial charge in [-0.25, -0.2) is 4.63 Å². The fourth-order valence-electron chi connectivity index (χ4n) is 2.57. The molecule has 11 heteroatoms. The number of nitrogen functional groups attached to an aromatic ring is 1. The van der Waals surface area contributed by atoms with Gasteiger partial charge in [0, 0.05) is 5.56 Å². The number of amidine groups is 1. The molecule has 10 nitrogen and oxygen atoms in total. The van der Waals surface area contributed by atoms with Crippen LogP contribution >= 0.6 is 15.9 Å². The highest BCUT2D eigenvalue weighted by molar-refractivity contribution is 9.10. The van der Waals surface area contributed by atoms with Crippen molar-refractivity contribution in [1.82, 2.24) is 20.1 Å². The van der Waals surface area contributed by atoms with Gasteiger partial charge in [-0.3, -0.25) is 4.68 Å². The Hall–Kier alpha value is -3.21. The van der Waals surface area contributed by atoms with Crippen molar-refractivity contribution in [2.24, 2.45) is 15.9 Å². The van der Waals surface area contributed by atoms with Crippen molar-refractivity contribution in [3.05, 3.63) is 50.9 Å². The first kappa shape index (κ1) is 19.5. The lowest BCUT2D eigenvalue weighted by molar-refractivity contribution is 0.308. The van der Waals surface area contributed by atoms with E-state index < -0.39 is 0 Å². The van der Waals surface area contributed by atoms with Gasteiger partial charge in [0.1, 0.15) is 5.75 Å². The van der Waals surface area contributed by atoms with Gasteiger partial charge in [-0.15, -0.1) is 5.10 Å². The van der Waals surface area contributed by atoms with E-state index in [1.54, 1.807) is 13.3 Å². The van der Waals surface area contributed by atoms with Crippen LogP contribution in [0.1, 0.15) is 28.2 Å². The van der Waals surface area contributed by atoms with Crippen LogP contribution in [0.15, 0.2) is 37.5 Å². The van der Waals surface area contributed by atoms with Crippen molar-refractivity contribution in [1.29, 1.82) is 0 Å². The molecule has 0 bridgehead atoms. The third-order valence-electron chi connectivity index (χ3n) is 4.05. The van der Waals surface area contributed by atoms with Gasteiger partial charge in [-0.2, -0.15) is 10.2 Å². The highest BCUT2D eigenvalue weighted by Gasteiger charge is 2.12. The summed E-state index contributed by atoms with van der Waals surface area (Å²) in [5.74, 6) is 0.820. The van der Waals surface area contributed by atoms with Crippen LogP contribution in [0.3, 0.4) is 0 Å². The number of nitrogens with two attached hydrogens (primary N) is 2. The summed E-state index contributed by atoms with van der Waals surface area (Å²) < 4.78 is 12.9. The topological polar surface area (TPSA) is 143 Å². The highest BCUT2D eigenvalue weighted by Crippen LogP contribution is 2.24. The number of aromatic nitrogens is 4. The van der Waals surface area contributed by atoms with E-state index in [0.717, 1.165) is 32.7 Å². The molecule has 4 N–H and O–H groups in total. The van der Waals surface area contributed by atoms with Crippen LogP contribution in [0.4, 0.5) is 5.82 Å². The third kappa shape index (κ3) is 4.03. The molecule has 0 amide bonds. The minimum absolute atomic E-state index is 0.0104. The lowest BCUT2D eigenvalue weighted by Crippen LogP contribution is -2.15. The average molecular weight is 447 g/mol. The normalized spacial score (nSPS) is 12.1. The quantitative estimate of drug-likeness (QED) is 0.334. The summed E-state index contributed by atoms with van der Waals surface area (Å²) in [6.45, 7) is 4.51. The number of anilines is 1. The molecule has 0 radical (unpaired) electrons. The van der Waals surface area contributed by atoms with Gasteiger partial charge in [0.15, 0.2) is 17.3 Å². The van der Waals surface area contributed by atoms with Gasteiger partial charge < -0.3 is 16.2 Å². The predicted octanol–water partition coefficient (Wildman–Crippen LogP) is 2.02. The second kappa shape index (κ2) is 8.21. The van der Waals surface area contributed by atoms with Crippen LogP contribution in [-0.2, 0) is 6.54 Å². The molecule has 2 aromatic heterocycles. The Labute approximate surface area is 169 Å². The minimum Gasteiger partial charge on any atom is -0.496 e. The summed E-state index contributed by atoms with van der Waals surface area (Å²) in [6, 6.07) is 5.68. The average Bonchev–Trinajstić information content (AvgIpc) is 3.21. The maximum atomic E-state index is 5.77. The van der Waals surface area contributed by atoms with Crippen molar-refractivity contribution in [3.63, 3.8) is 0 Å². The number of nitrogens with zero attached hydrogens (tertiary/aromatic N) is 6. The summed E-state index contributed by atoms with van der Waals surface area (Å²) in [4.78, 5) is 0. The monoisotopic (exact) mass is 446 g/mol. The Bertz CT molecular complexity index is 1050. The van der Waals surface area contributed by atoms with Crippen molar-refractivity contribution in [2.45, 2.75) is 20.4 Å². The molecule has 0 atom stereocenters.